The van der Waals surface area contributed by atoms with E-state index in [2.05, 4.69) is 49.6 Å². The molecule has 244 valence electrons. The van der Waals surface area contributed by atoms with Gasteiger partial charge >= 0.3 is 0 Å². The van der Waals surface area contributed by atoms with Gasteiger partial charge in [-0.3, -0.25) is 9.59 Å². The molecule has 1 saturated heterocycles. The van der Waals surface area contributed by atoms with Crippen LogP contribution in [0, 0.1) is 11.2 Å². The summed E-state index contributed by atoms with van der Waals surface area (Å²) < 4.78 is 21.3. The van der Waals surface area contributed by atoms with Gasteiger partial charge in [0.2, 0.25) is 5.91 Å². The molecule has 2 heterocycles. The van der Waals surface area contributed by atoms with Gasteiger partial charge in [-0.25, -0.2) is 4.39 Å². The highest BCUT2D eigenvalue weighted by molar-refractivity contribution is 5.99. The maximum Gasteiger partial charge on any atom is 0.251 e. The summed E-state index contributed by atoms with van der Waals surface area (Å²) in [6, 6.07) is 19.7. The highest BCUT2D eigenvalue weighted by atomic mass is 19.1. The Kier molecular flexibility index (Phi) is 9.22. The normalized spacial score (nSPS) is 20.1. The van der Waals surface area contributed by atoms with Crippen molar-refractivity contribution in [1.82, 2.24) is 10.6 Å². The molecule has 1 aliphatic carbocycles. The standard InChI is InChI=1S/C38H46FN3O4/c1-37(2,3)22-26-12-15-34-28(19-26)31(23-38(46-34)16-8-17-38)40-24-33(43)30(20-25-9-5-4-6-10-25)41-36(45)27-13-14-29(39)32(21-27)42-18-7-11-35(42)44/h4-6,9-10,12-15,19,21,30-31,33,40,43H,7-8,11,16-18,20,22-24H2,1-3H3,(H,41,45)/t30-,31-,33-/m0/s1. The Labute approximate surface area is 271 Å². The minimum Gasteiger partial charge on any atom is -0.487 e. The van der Waals surface area contributed by atoms with Crippen molar-refractivity contribution in [2.45, 2.75) is 95.9 Å². The van der Waals surface area contributed by atoms with Gasteiger partial charge < -0.3 is 25.4 Å². The first-order valence-corrected chi connectivity index (χ1v) is 16.7. The van der Waals surface area contributed by atoms with Gasteiger partial charge in [-0.15, -0.1) is 0 Å². The SMILES string of the molecule is CC(C)(C)Cc1ccc2c(c1)[C@@H](NC[C@H](O)[C@H](Cc1ccccc1)NC(=O)c1ccc(F)c(N3CCCC3=O)c1)CC1(CCC1)O2. The monoisotopic (exact) mass is 627 g/mol. The fourth-order valence-corrected chi connectivity index (χ4v) is 7.07. The van der Waals surface area contributed by atoms with Crippen molar-refractivity contribution in [2.24, 2.45) is 5.41 Å². The van der Waals surface area contributed by atoms with Crippen LogP contribution in [-0.4, -0.2) is 47.8 Å². The fraction of sp³-hybridized carbons (Fsp3) is 0.474. The van der Waals surface area contributed by atoms with Gasteiger partial charge in [0.1, 0.15) is 17.2 Å². The molecule has 8 heteroatoms. The third-order valence-electron chi connectivity index (χ3n) is 9.58. The molecule has 2 aliphatic heterocycles. The van der Waals surface area contributed by atoms with Crippen molar-refractivity contribution < 1.29 is 23.8 Å². The molecule has 3 aliphatic rings. The Morgan fingerprint density at radius 3 is 2.52 bits per heavy atom. The lowest BCUT2D eigenvalue weighted by Gasteiger charge is -2.48. The summed E-state index contributed by atoms with van der Waals surface area (Å²) in [5.41, 5.74) is 3.69. The van der Waals surface area contributed by atoms with Crippen molar-refractivity contribution >= 4 is 17.5 Å². The van der Waals surface area contributed by atoms with E-state index in [0.29, 0.717) is 25.8 Å². The fourth-order valence-electron chi connectivity index (χ4n) is 7.07. The molecule has 0 radical (unpaired) electrons. The predicted molar refractivity (Wildman–Crippen MR) is 178 cm³/mol. The van der Waals surface area contributed by atoms with E-state index in [1.165, 1.54) is 28.7 Å². The number of carbonyl (C=O) groups is 2. The summed E-state index contributed by atoms with van der Waals surface area (Å²) in [5, 5.41) is 18.3. The van der Waals surface area contributed by atoms with Gasteiger partial charge in [-0.2, -0.15) is 0 Å². The number of anilines is 1. The summed E-state index contributed by atoms with van der Waals surface area (Å²) >= 11 is 0. The minimum absolute atomic E-state index is 0.00403. The molecule has 6 rings (SSSR count). The van der Waals surface area contributed by atoms with Gasteiger partial charge in [0, 0.05) is 43.1 Å². The Morgan fingerprint density at radius 1 is 1.07 bits per heavy atom. The van der Waals surface area contributed by atoms with E-state index in [1.807, 2.05) is 30.3 Å². The molecule has 3 N–H and O–H groups in total. The van der Waals surface area contributed by atoms with Crippen LogP contribution in [-0.2, 0) is 17.6 Å². The van der Waals surface area contributed by atoms with Crippen molar-refractivity contribution in [3.8, 4) is 5.75 Å². The summed E-state index contributed by atoms with van der Waals surface area (Å²) in [6.45, 7) is 7.39. The second kappa shape index (κ2) is 13.2. The summed E-state index contributed by atoms with van der Waals surface area (Å²) in [4.78, 5) is 27.3. The van der Waals surface area contributed by atoms with Crippen LogP contribution in [0.3, 0.4) is 0 Å². The molecular formula is C38H46FN3O4. The molecular weight excluding hydrogens is 581 g/mol. The van der Waals surface area contributed by atoms with Gasteiger partial charge in [-0.05, 0) is 79.3 Å². The van der Waals surface area contributed by atoms with Crippen molar-refractivity contribution in [3.63, 3.8) is 0 Å². The average molecular weight is 628 g/mol. The minimum atomic E-state index is -0.911. The van der Waals surface area contributed by atoms with Crippen molar-refractivity contribution in [2.75, 3.05) is 18.0 Å². The molecule has 3 aromatic rings. The number of halogens is 1. The van der Waals surface area contributed by atoms with Crippen LogP contribution in [0.5, 0.6) is 5.75 Å². The number of hydrogen-bond donors (Lipinski definition) is 3. The lowest BCUT2D eigenvalue weighted by Crippen LogP contribution is -2.52. The highest BCUT2D eigenvalue weighted by Gasteiger charge is 2.45. The zero-order valence-corrected chi connectivity index (χ0v) is 27.2. The first-order valence-electron chi connectivity index (χ1n) is 16.7. The molecule has 2 fully saturated rings. The van der Waals surface area contributed by atoms with E-state index in [0.717, 1.165) is 49.0 Å². The molecule has 0 unspecified atom stereocenters. The molecule has 2 amide bonds. The quantitative estimate of drug-likeness (QED) is 0.246. The number of hydrogen-bond acceptors (Lipinski definition) is 5. The number of nitrogens with one attached hydrogen (secondary N) is 2. The molecule has 46 heavy (non-hydrogen) atoms. The van der Waals surface area contributed by atoms with Crippen LogP contribution >= 0.6 is 0 Å². The molecule has 3 aromatic carbocycles. The van der Waals surface area contributed by atoms with Gasteiger partial charge in [0.25, 0.3) is 5.91 Å². The first kappa shape index (κ1) is 32.2. The number of nitrogens with zero attached hydrogens (tertiary/aromatic N) is 1. The molecule has 3 atom stereocenters. The van der Waals surface area contributed by atoms with Crippen LogP contribution in [0.4, 0.5) is 10.1 Å². The summed E-state index contributed by atoms with van der Waals surface area (Å²) in [7, 11) is 0. The van der Waals surface area contributed by atoms with Crippen LogP contribution in [0.25, 0.3) is 0 Å². The number of aliphatic hydroxyl groups excluding tert-OH is 1. The molecule has 1 spiro atoms. The number of amides is 2. The van der Waals surface area contributed by atoms with Crippen molar-refractivity contribution in [3.05, 3.63) is 94.8 Å². The Morgan fingerprint density at radius 2 is 1.85 bits per heavy atom. The largest absolute Gasteiger partial charge is 0.487 e. The summed E-state index contributed by atoms with van der Waals surface area (Å²) in [5.74, 6) is -0.204. The number of aliphatic hydroxyl groups is 1. The predicted octanol–water partition coefficient (Wildman–Crippen LogP) is 6.28. The molecule has 7 nitrogen and oxygen atoms in total. The van der Waals surface area contributed by atoms with E-state index >= 15 is 0 Å². The highest BCUT2D eigenvalue weighted by Crippen LogP contribution is 2.49. The molecule has 0 aromatic heterocycles. The van der Waals surface area contributed by atoms with Crippen LogP contribution in [0.1, 0.15) is 92.4 Å². The van der Waals surface area contributed by atoms with E-state index in [1.54, 1.807) is 0 Å². The van der Waals surface area contributed by atoms with Crippen LogP contribution in [0.15, 0.2) is 66.7 Å². The van der Waals surface area contributed by atoms with Gasteiger partial charge in [-0.1, -0.05) is 63.2 Å². The molecule has 1 saturated carbocycles. The van der Waals surface area contributed by atoms with E-state index < -0.39 is 23.9 Å². The Hall–Kier alpha value is -3.75. The number of rotatable bonds is 10. The Balaban J connectivity index is 1.21. The number of ether oxygens (including phenoxy) is 1. The number of fused-ring (bicyclic) bond motifs is 1. The van der Waals surface area contributed by atoms with Gasteiger partial charge in [0.15, 0.2) is 0 Å². The van der Waals surface area contributed by atoms with Crippen molar-refractivity contribution in [1.29, 1.82) is 0 Å². The lowest BCUT2D eigenvalue weighted by atomic mass is 9.72. The number of carbonyl (C=O) groups excluding carboxylic acids is 2. The lowest BCUT2D eigenvalue weighted by molar-refractivity contribution is -0.117. The van der Waals surface area contributed by atoms with Crippen LogP contribution < -0.4 is 20.3 Å². The third-order valence-corrected chi connectivity index (χ3v) is 9.58. The van der Waals surface area contributed by atoms with Gasteiger partial charge in [0.05, 0.1) is 17.8 Å². The molecule has 0 bridgehead atoms. The Bertz CT molecular complexity index is 1570. The zero-order chi connectivity index (χ0) is 32.5. The second-order valence-electron chi connectivity index (χ2n) is 14.6. The first-order chi connectivity index (χ1) is 22.0. The zero-order valence-electron chi connectivity index (χ0n) is 27.2. The van der Waals surface area contributed by atoms with E-state index in [9.17, 15) is 19.1 Å². The average Bonchev–Trinajstić information content (AvgIpc) is 3.43. The second-order valence-corrected chi connectivity index (χ2v) is 14.6. The third kappa shape index (κ3) is 7.29. The van der Waals surface area contributed by atoms with E-state index in [4.69, 9.17) is 4.74 Å². The number of benzene rings is 3. The van der Waals surface area contributed by atoms with E-state index in [-0.39, 0.29) is 40.8 Å². The summed E-state index contributed by atoms with van der Waals surface area (Å²) in [6.07, 6.45) is 5.49. The smallest absolute Gasteiger partial charge is 0.251 e. The van der Waals surface area contributed by atoms with Crippen LogP contribution in [0.2, 0.25) is 0 Å². The maximum absolute atomic E-state index is 14.7. The maximum atomic E-state index is 14.7. The topological polar surface area (TPSA) is 90.9 Å².